The van der Waals surface area contributed by atoms with Gasteiger partial charge in [-0.2, -0.15) is 0 Å². The maximum atomic E-state index is 11.4. The molecule has 0 unspecified atom stereocenters. The number of rotatable bonds is 0. The Kier molecular flexibility index (Phi) is 1.84. The van der Waals surface area contributed by atoms with E-state index in [4.69, 9.17) is 0 Å². The van der Waals surface area contributed by atoms with Gasteiger partial charge in [-0.25, -0.2) is 0 Å². The fraction of sp³-hybridized carbons (Fsp3) is 0.727. The summed E-state index contributed by atoms with van der Waals surface area (Å²) in [6.45, 7) is 4.00. The molecule has 0 aromatic heterocycles. The van der Waals surface area contributed by atoms with Crippen LogP contribution >= 0.6 is 0 Å². The third-order valence-electron chi connectivity index (χ3n) is 3.83. The molecule has 0 saturated heterocycles. The van der Waals surface area contributed by atoms with Crippen LogP contribution in [0.25, 0.3) is 0 Å². The molecule has 2 rings (SSSR count). The minimum Gasteiger partial charge on any atom is -0.392 e. The zero-order valence-corrected chi connectivity index (χ0v) is 8.26. The second-order valence-electron chi connectivity index (χ2n) is 4.50. The van der Waals surface area contributed by atoms with E-state index in [0.29, 0.717) is 6.42 Å². The van der Waals surface area contributed by atoms with Crippen molar-refractivity contribution >= 4 is 5.78 Å². The van der Waals surface area contributed by atoms with E-state index in [1.165, 1.54) is 5.57 Å². The molecular weight excluding hydrogens is 164 g/mol. The average molecular weight is 180 g/mol. The van der Waals surface area contributed by atoms with Crippen molar-refractivity contribution in [2.45, 2.75) is 45.6 Å². The molecule has 2 aliphatic rings. The minimum atomic E-state index is -0.231. The summed E-state index contributed by atoms with van der Waals surface area (Å²) in [5.41, 5.74) is 2.06. The Balaban J connectivity index is 2.48. The van der Waals surface area contributed by atoms with Gasteiger partial charge in [-0.15, -0.1) is 0 Å². The predicted octanol–water partition coefficient (Wildman–Crippen LogP) is 1.83. The highest BCUT2D eigenvalue weighted by atomic mass is 16.3. The molecule has 72 valence electrons. The van der Waals surface area contributed by atoms with Crippen molar-refractivity contribution in [1.82, 2.24) is 0 Å². The first-order valence-corrected chi connectivity index (χ1v) is 4.97. The fourth-order valence-corrected chi connectivity index (χ4v) is 2.75. The van der Waals surface area contributed by atoms with Gasteiger partial charge >= 0.3 is 0 Å². The van der Waals surface area contributed by atoms with E-state index < -0.39 is 0 Å². The molecule has 2 heteroatoms. The zero-order valence-electron chi connectivity index (χ0n) is 8.26. The molecule has 0 amide bonds. The molecular formula is C11H16O2. The van der Waals surface area contributed by atoms with Crippen LogP contribution in [0.15, 0.2) is 11.1 Å². The number of fused-ring (bicyclic) bond motifs is 1. The van der Waals surface area contributed by atoms with Crippen LogP contribution in [0.3, 0.4) is 0 Å². The van der Waals surface area contributed by atoms with Crippen LogP contribution in [0.1, 0.15) is 39.5 Å². The highest BCUT2D eigenvalue weighted by molar-refractivity contribution is 5.96. The molecule has 0 aromatic carbocycles. The molecule has 0 aliphatic heterocycles. The molecule has 13 heavy (non-hydrogen) atoms. The molecule has 2 nitrogen and oxygen atoms in total. The van der Waals surface area contributed by atoms with E-state index in [2.05, 4.69) is 6.92 Å². The summed E-state index contributed by atoms with van der Waals surface area (Å²) in [5, 5.41) is 9.84. The smallest absolute Gasteiger partial charge is 0.158 e. The zero-order chi connectivity index (χ0) is 9.64. The summed E-state index contributed by atoms with van der Waals surface area (Å²) in [7, 11) is 0. The Morgan fingerprint density at radius 1 is 1.46 bits per heavy atom. The SMILES string of the molecule is CC1=C2CC[C@H](O)[C@@]2(C)CCC1=O. The van der Waals surface area contributed by atoms with Crippen LogP contribution in [-0.2, 0) is 4.79 Å². The van der Waals surface area contributed by atoms with Crippen LogP contribution in [0, 0.1) is 5.41 Å². The second-order valence-corrected chi connectivity index (χ2v) is 4.50. The summed E-state index contributed by atoms with van der Waals surface area (Å²) >= 11 is 0. The van der Waals surface area contributed by atoms with E-state index in [9.17, 15) is 9.90 Å². The highest BCUT2D eigenvalue weighted by Crippen LogP contribution is 2.50. The first kappa shape index (κ1) is 8.95. The number of aliphatic hydroxyl groups is 1. The van der Waals surface area contributed by atoms with Crippen molar-refractivity contribution < 1.29 is 9.90 Å². The van der Waals surface area contributed by atoms with Gasteiger partial charge in [0.15, 0.2) is 5.78 Å². The van der Waals surface area contributed by atoms with Gasteiger partial charge in [0.2, 0.25) is 0 Å². The second kappa shape index (κ2) is 2.68. The maximum Gasteiger partial charge on any atom is 0.158 e. The van der Waals surface area contributed by atoms with E-state index in [1.807, 2.05) is 6.92 Å². The Morgan fingerprint density at radius 3 is 2.85 bits per heavy atom. The number of carbonyl (C=O) groups is 1. The van der Waals surface area contributed by atoms with Gasteiger partial charge in [-0.1, -0.05) is 12.5 Å². The Labute approximate surface area is 78.6 Å². The van der Waals surface area contributed by atoms with E-state index >= 15 is 0 Å². The van der Waals surface area contributed by atoms with Crippen LogP contribution in [0.4, 0.5) is 0 Å². The first-order chi connectivity index (χ1) is 6.05. The molecule has 0 heterocycles. The lowest BCUT2D eigenvalue weighted by Crippen LogP contribution is -2.32. The van der Waals surface area contributed by atoms with E-state index in [1.54, 1.807) is 0 Å². The minimum absolute atomic E-state index is 0.0853. The van der Waals surface area contributed by atoms with Gasteiger partial charge < -0.3 is 5.11 Å². The van der Waals surface area contributed by atoms with Crippen molar-refractivity contribution in [3.8, 4) is 0 Å². The summed E-state index contributed by atoms with van der Waals surface area (Å²) in [6.07, 6.45) is 2.96. The van der Waals surface area contributed by atoms with Gasteiger partial charge in [0.25, 0.3) is 0 Å². The largest absolute Gasteiger partial charge is 0.392 e. The number of hydrogen-bond donors (Lipinski definition) is 1. The number of allylic oxidation sites excluding steroid dienone is 1. The van der Waals surface area contributed by atoms with Crippen LogP contribution in [-0.4, -0.2) is 17.0 Å². The fourth-order valence-electron chi connectivity index (χ4n) is 2.75. The van der Waals surface area contributed by atoms with Crippen molar-refractivity contribution in [3.05, 3.63) is 11.1 Å². The van der Waals surface area contributed by atoms with E-state index in [-0.39, 0.29) is 17.3 Å². The molecule has 0 radical (unpaired) electrons. The molecule has 1 saturated carbocycles. The predicted molar refractivity (Wildman–Crippen MR) is 50.3 cm³/mol. The van der Waals surface area contributed by atoms with Gasteiger partial charge in [0, 0.05) is 11.8 Å². The number of Topliss-reactive ketones (excluding diaryl/α,β-unsaturated/α-hetero) is 1. The van der Waals surface area contributed by atoms with E-state index in [0.717, 1.165) is 24.8 Å². The van der Waals surface area contributed by atoms with Gasteiger partial charge in [-0.05, 0) is 31.8 Å². The summed E-state index contributed by atoms with van der Waals surface area (Å²) < 4.78 is 0. The Hall–Kier alpha value is -0.630. The molecule has 1 fully saturated rings. The van der Waals surface area contributed by atoms with Gasteiger partial charge in [0.05, 0.1) is 6.10 Å². The highest BCUT2D eigenvalue weighted by Gasteiger charge is 2.45. The first-order valence-electron chi connectivity index (χ1n) is 4.97. The summed E-state index contributed by atoms with van der Waals surface area (Å²) in [6, 6.07) is 0. The van der Waals surface area contributed by atoms with Crippen molar-refractivity contribution in [2.24, 2.45) is 5.41 Å². The molecule has 2 atom stereocenters. The number of aliphatic hydroxyl groups excluding tert-OH is 1. The normalized spacial score (nSPS) is 39.6. The van der Waals surface area contributed by atoms with Crippen molar-refractivity contribution in [3.63, 3.8) is 0 Å². The number of carbonyl (C=O) groups excluding carboxylic acids is 1. The average Bonchev–Trinajstić information content (AvgIpc) is 2.39. The Morgan fingerprint density at radius 2 is 2.15 bits per heavy atom. The van der Waals surface area contributed by atoms with Crippen LogP contribution in [0.2, 0.25) is 0 Å². The quantitative estimate of drug-likeness (QED) is 0.617. The summed E-state index contributed by atoms with van der Waals surface area (Å²) in [4.78, 5) is 11.4. The maximum absolute atomic E-state index is 11.4. The molecule has 2 aliphatic carbocycles. The van der Waals surface area contributed by atoms with Crippen molar-refractivity contribution in [2.75, 3.05) is 0 Å². The Bertz CT molecular complexity index is 290. The van der Waals surface area contributed by atoms with Gasteiger partial charge in [-0.3, -0.25) is 4.79 Å². The number of ketones is 1. The molecule has 0 aromatic rings. The molecule has 1 N–H and O–H groups in total. The lowest BCUT2D eigenvalue weighted by Gasteiger charge is -2.34. The lowest BCUT2D eigenvalue weighted by molar-refractivity contribution is -0.117. The van der Waals surface area contributed by atoms with Crippen LogP contribution in [0.5, 0.6) is 0 Å². The third kappa shape index (κ3) is 1.08. The third-order valence-corrected chi connectivity index (χ3v) is 3.83. The molecule has 0 bridgehead atoms. The summed E-state index contributed by atoms with van der Waals surface area (Å²) in [5.74, 6) is 0.279. The van der Waals surface area contributed by atoms with Crippen LogP contribution < -0.4 is 0 Å². The molecule has 0 spiro atoms. The lowest BCUT2D eigenvalue weighted by atomic mass is 9.72. The van der Waals surface area contributed by atoms with Crippen molar-refractivity contribution in [1.29, 1.82) is 0 Å². The number of hydrogen-bond acceptors (Lipinski definition) is 2. The standard InChI is InChI=1S/C11H16O2/c1-7-8-3-4-10(13)11(8,2)6-5-9(7)12/h10,13H,3-6H2,1-2H3/t10-,11-/m0/s1. The van der Waals surface area contributed by atoms with Gasteiger partial charge in [0.1, 0.15) is 0 Å². The topological polar surface area (TPSA) is 37.3 Å². The monoisotopic (exact) mass is 180 g/mol.